The molecule has 1 heterocycles. The van der Waals surface area contributed by atoms with Gasteiger partial charge in [-0.1, -0.05) is 0 Å². The number of aryl methyl sites for hydroxylation is 1. The van der Waals surface area contributed by atoms with Gasteiger partial charge in [0.25, 0.3) is 0 Å². The van der Waals surface area contributed by atoms with Crippen LogP contribution in [0.15, 0.2) is 60.9 Å². The zero-order valence-electron chi connectivity index (χ0n) is 15.7. The SMILES string of the molecule is COc1ccc(OCCC(=O)Nc2ccc(C(=O)c3nccn3C)cc2)cc1. The summed E-state index contributed by atoms with van der Waals surface area (Å²) in [6, 6.07) is 13.9. The van der Waals surface area contributed by atoms with Crippen molar-refractivity contribution in [1.29, 1.82) is 0 Å². The molecule has 7 nitrogen and oxygen atoms in total. The van der Waals surface area contributed by atoms with Gasteiger partial charge < -0.3 is 19.4 Å². The van der Waals surface area contributed by atoms with Gasteiger partial charge in [0.1, 0.15) is 11.5 Å². The van der Waals surface area contributed by atoms with Gasteiger partial charge in [0.2, 0.25) is 11.7 Å². The molecule has 0 aliphatic carbocycles. The van der Waals surface area contributed by atoms with Crippen molar-refractivity contribution >= 4 is 17.4 Å². The number of imidazole rings is 1. The molecule has 7 heteroatoms. The topological polar surface area (TPSA) is 82.4 Å². The van der Waals surface area contributed by atoms with Crippen LogP contribution in [0.4, 0.5) is 5.69 Å². The Hall–Kier alpha value is -3.61. The highest BCUT2D eigenvalue weighted by atomic mass is 16.5. The Balaban J connectivity index is 1.48. The fourth-order valence-electron chi connectivity index (χ4n) is 2.58. The molecule has 0 bridgehead atoms. The van der Waals surface area contributed by atoms with Gasteiger partial charge in [0.05, 0.1) is 20.1 Å². The number of carbonyl (C=O) groups is 2. The van der Waals surface area contributed by atoms with Crippen LogP contribution in [0, 0.1) is 0 Å². The zero-order chi connectivity index (χ0) is 19.9. The van der Waals surface area contributed by atoms with E-state index in [0.717, 1.165) is 5.75 Å². The first kappa shape index (κ1) is 19.2. The van der Waals surface area contributed by atoms with Gasteiger partial charge >= 0.3 is 0 Å². The van der Waals surface area contributed by atoms with Crippen molar-refractivity contribution in [3.63, 3.8) is 0 Å². The Morgan fingerprint density at radius 1 is 1.04 bits per heavy atom. The van der Waals surface area contributed by atoms with Gasteiger partial charge in [-0.25, -0.2) is 4.98 Å². The Bertz CT molecular complexity index is 947. The fraction of sp³-hybridized carbons (Fsp3) is 0.190. The Morgan fingerprint density at radius 3 is 2.32 bits per heavy atom. The van der Waals surface area contributed by atoms with Crippen LogP contribution in [0.1, 0.15) is 22.6 Å². The lowest BCUT2D eigenvalue weighted by molar-refractivity contribution is -0.116. The third kappa shape index (κ3) is 4.76. The number of rotatable bonds is 8. The van der Waals surface area contributed by atoms with E-state index < -0.39 is 0 Å². The van der Waals surface area contributed by atoms with E-state index in [1.54, 1.807) is 79.6 Å². The van der Waals surface area contributed by atoms with E-state index in [-0.39, 0.29) is 24.7 Å². The van der Waals surface area contributed by atoms with Crippen molar-refractivity contribution in [1.82, 2.24) is 9.55 Å². The molecule has 0 fully saturated rings. The highest BCUT2D eigenvalue weighted by molar-refractivity contribution is 6.07. The minimum Gasteiger partial charge on any atom is -0.497 e. The second kappa shape index (κ2) is 8.85. The maximum atomic E-state index is 12.4. The zero-order valence-corrected chi connectivity index (χ0v) is 15.7. The van der Waals surface area contributed by atoms with Crippen LogP contribution in [0.3, 0.4) is 0 Å². The third-order valence-electron chi connectivity index (χ3n) is 4.11. The first-order chi connectivity index (χ1) is 13.6. The lowest BCUT2D eigenvalue weighted by Gasteiger charge is -2.08. The molecule has 0 unspecified atom stereocenters. The summed E-state index contributed by atoms with van der Waals surface area (Å²) in [5.74, 6) is 1.45. The smallest absolute Gasteiger partial charge is 0.228 e. The van der Waals surface area contributed by atoms with E-state index in [1.165, 1.54) is 0 Å². The van der Waals surface area contributed by atoms with Crippen LogP contribution in [0.5, 0.6) is 11.5 Å². The summed E-state index contributed by atoms with van der Waals surface area (Å²) in [6.07, 6.45) is 3.51. The van der Waals surface area contributed by atoms with E-state index in [2.05, 4.69) is 10.3 Å². The number of carbonyl (C=O) groups excluding carboxylic acids is 2. The molecule has 144 valence electrons. The predicted molar refractivity (Wildman–Crippen MR) is 105 cm³/mol. The highest BCUT2D eigenvalue weighted by Crippen LogP contribution is 2.17. The maximum absolute atomic E-state index is 12.4. The Labute approximate surface area is 162 Å². The maximum Gasteiger partial charge on any atom is 0.228 e. The van der Waals surface area contributed by atoms with E-state index in [9.17, 15) is 9.59 Å². The van der Waals surface area contributed by atoms with Crippen LogP contribution < -0.4 is 14.8 Å². The molecule has 3 rings (SSSR count). The standard InChI is InChI=1S/C21H21N3O4/c1-24-13-12-22-21(24)20(26)15-3-5-16(6-4-15)23-19(25)11-14-28-18-9-7-17(27-2)8-10-18/h3-10,12-13H,11,14H2,1-2H3,(H,23,25). The fourth-order valence-corrected chi connectivity index (χ4v) is 2.58. The quantitative estimate of drug-likeness (QED) is 0.608. The number of amides is 1. The summed E-state index contributed by atoms with van der Waals surface area (Å²) in [6.45, 7) is 0.258. The number of anilines is 1. The van der Waals surface area contributed by atoms with E-state index in [0.29, 0.717) is 22.8 Å². The first-order valence-corrected chi connectivity index (χ1v) is 8.75. The van der Waals surface area contributed by atoms with Crippen LogP contribution in [-0.2, 0) is 11.8 Å². The number of ketones is 1. The van der Waals surface area contributed by atoms with Crippen LogP contribution >= 0.6 is 0 Å². The number of ether oxygens (including phenoxy) is 2. The van der Waals surface area contributed by atoms with Crippen LogP contribution in [-0.4, -0.2) is 35.0 Å². The monoisotopic (exact) mass is 379 g/mol. The molecule has 1 N–H and O–H groups in total. The van der Waals surface area contributed by atoms with Crippen molar-refractivity contribution in [3.05, 3.63) is 72.3 Å². The van der Waals surface area contributed by atoms with Crippen molar-refractivity contribution in [3.8, 4) is 11.5 Å². The van der Waals surface area contributed by atoms with E-state index >= 15 is 0 Å². The number of nitrogens with zero attached hydrogens (tertiary/aromatic N) is 2. The van der Waals surface area contributed by atoms with Gasteiger partial charge in [-0.05, 0) is 48.5 Å². The molecule has 0 aliphatic heterocycles. The molecule has 0 spiro atoms. The van der Waals surface area contributed by atoms with Crippen molar-refractivity contribution in [2.24, 2.45) is 7.05 Å². The van der Waals surface area contributed by atoms with Gasteiger partial charge in [-0.15, -0.1) is 0 Å². The van der Waals surface area contributed by atoms with Gasteiger partial charge in [0.15, 0.2) is 5.82 Å². The summed E-state index contributed by atoms with van der Waals surface area (Å²) in [5.41, 5.74) is 1.13. The molecule has 28 heavy (non-hydrogen) atoms. The Morgan fingerprint density at radius 2 is 1.71 bits per heavy atom. The lowest BCUT2D eigenvalue weighted by Crippen LogP contribution is -2.15. The second-order valence-electron chi connectivity index (χ2n) is 6.09. The summed E-state index contributed by atoms with van der Waals surface area (Å²) in [7, 11) is 3.37. The lowest BCUT2D eigenvalue weighted by atomic mass is 10.1. The molecule has 0 saturated carbocycles. The molecule has 1 amide bonds. The summed E-state index contributed by atoms with van der Waals surface area (Å²) >= 11 is 0. The largest absolute Gasteiger partial charge is 0.497 e. The van der Waals surface area contributed by atoms with Gasteiger partial charge in [-0.3, -0.25) is 9.59 Å². The van der Waals surface area contributed by atoms with Gasteiger partial charge in [0, 0.05) is 30.7 Å². The minimum absolute atomic E-state index is 0.168. The van der Waals surface area contributed by atoms with Crippen molar-refractivity contribution in [2.75, 3.05) is 19.0 Å². The molecule has 0 atom stereocenters. The summed E-state index contributed by atoms with van der Waals surface area (Å²) < 4.78 is 12.3. The Kier molecular flexibility index (Phi) is 6.06. The number of hydrogen-bond donors (Lipinski definition) is 1. The summed E-state index contributed by atoms with van der Waals surface area (Å²) in [5, 5.41) is 2.79. The second-order valence-corrected chi connectivity index (χ2v) is 6.09. The third-order valence-corrected chi connectivity index (χ3v) is 4.11. The highest BCUT2D eigenvalue weighted by Gasteiger charge is 2.13. The molecular weight excluding hydrogens is 358 g/mol. The number of nitrogens with one attached hydrogen (secondary N) is 1. The molecular formula is C21H21N3O4. The molecule has 3 aromatic rings. The minimum atomic E-state index is -0.170. The number of aromatic nitrogens is 2. The average molecular weight is 379 g/mol. The number of hydrogen-bond acceptors (Lipinski definition) is 5. The van der Waals surface area contributed by atoms with Crippen molar-refractivity contribution < 1.29 is 19.1 Å². The normalized spacial score (nSPS) is 10.4. The first-order valence-electron chi connectivity index (χ1n) is 8.75. The molecule has 2 aromatic carbocycles. The molecule has 0 radical (unpaired) electrons. The molecule has 0 saturated heterocycles. The number of methoxy groups -OCH3 is 1. The van der Waals surface area contributed by atoms with Gasteiger partial charge in [-0.2, -0.15) is 0 Å². The van der Waals surface area contributed by atoms with Crippen molar-refractivity contribution in [2.45, 2.75) is 6.42 Å². The average Bonchev–Trinajstić information content (AvgIpc) is 3.14. The molecule has 0 aliphatic rings. The summed E-state index contributed by atoms with van der Waals surface area (Å²) in [4.78, 5) is 28.5. The van der Waals surface area contributed by atoms with Crippen LogP contribution in [0.25, 0.3) is 0 Å². The van der Waals surface area contributed by atoms with E-state index in [1.807, 2.05) is 0 Å². The predicted octanol–water partition coefficient (Wildman–Crippen LogP) is 3.07. The van der Waals surface area contributed by atoms with E-state index in [4.69, 9.17) is 9.47 Å². The molecule has 1 aromatic heterocycles. The number of benzene rings is 2. The van der Waals surface area contributed by atoms with Crippen LogP contribution in [0.2, 0.25) is 0 Å².